The van der Waals surface area contributed by atoms with E-state index in [9.17, 15) is 13.6 Å². The summed E-state index contributed by atoms with van der Waals surface area (Å²) in [5.74, 6) is -0.788. The van der Waals surface area contributed by atoms with Gasteiger partial charge in [-0.2, -0.15) is 8.78 Å². The normalized spacial score (nSPS) is 10.8. The summed E-state index contributed by atoms with van der Waals surface area (Å²) in [5.41, 5.74) is 0.294. The van der Waals surface area contributed by atoms with Crippen molar-refractivity contribution >= 4 is 11.6 Å². The standard InChI is InChI=1S/C12H16F2N2O2/c1-16(2)6-7-18-10-5-3-4-9(8-10)15-12(17)11(13)14/h3-5,8,11H,6-7H2,1-2H3,(H,15,17). The Morgan fingerprint density at radius 1 is 1.44 bits per heavy atom. The molecule has 0 unspecified atom stereocenters. The van der Waals surface area contributed by atoms with Crippen LogP contribution in [-0.2, 0) is 4.79 Å². The van der Waals surface area contributed by atoms with E-state index in [1.807, 2.05) is 19.0 Å². The maximum atomic E-state index is 12.1. The second-order valence-corrected chi connectivity index (χ2v) is 3.97. The summed E-state index contributed by atoms with van der Waals surface area (Å²) in [6.07, 6.45) is -3.02. The van der Waals surface area contributed by atoms with E-state index in [0.717, 1.165) is 6.54 Å². The first-order chi connectivity index (χ1) is 8.49. The van der Waals surface area contributed by atoms with Crippen LogP contribution < -0.4 is 10.1 Å². The van der Waals surface area contributed by atoms with Gasteiger partial charge in [0.25, 0.3) is 5.91 Å². The van der Waals surface area contributed by atoms with Crippen LogP contribution in [0.4, 0.5) is 14.5 Å². The zero-order chi connectivity index (χ0) is 13.5. The number of carbonyl (C=O) groups excluding carboxylic acids is 1. The Morgan fingerprint density at radius 3 is 2.78 bits per heavy atom. The molecule has 0 saturated carbocycles. The Balaban J connectivity index is 2.54. The molecule has 4 nitrogen and oxygen atoms in total. The molecule has 1 N–H and O–H groups in total. The lowest BCUT2D eigenvalue weighted by molar-refractivity contribution is -0.126. The van der Waals surface area contributed by atoms with E-state index in [1.54, 1.807) is 12.1 Å². The topological polar surface area (TPSA) is 41.6 Å². The molecule has 100 valence electrons. The molecule has 0 fully saturated rings. The largest absolute Gasteiger partial charge is 0.492 e. The van der Waals surface area contributed by atoms with Crippen LogP contribution in [0.15, 0.2) is 24.3 Å². The third kappa shape index (κ3) is 5.09. The Morgan fingerprint density at radius 2 is 2.17 bits per heavy atom. The number of anilines is 1. The SMILES string of the molecule is CN(C)CCOc1cccc(NC(=O)C(F)F)c1. The molecule has 0 aliphatic heterocycles. The first-order valence-electron chi connectivity index (χ1n) is 5.45. The molecule has 0 bridgehead atoms. The van der Waals surface area contributed by atoms with Crippen LogP contribution in [0.25, 0.3) is 0 Å². The lowest BCUT2D eigenvalue weighted by atomic mass is 10.3. The summed E-state index contributed by atoms with van der Waals surface area (Å²) in [6, 6.07) is 6.37. The molecule has 0 heterocycles. The van der Waals surface area contributed by atoms with Crippen molar-refractivity contribution in [1.82, 2.24) is 4.90 Å². The fourth-order valence-corrected chi connectivity index (χ4v) is 1.21. The average Bonchev–Trinajstić information content (AvgIpc) is 2.28. The maximum absolute atomic E-state index is 12.1. The molecular formula is C12H16F2N2O2. The van der Waals surface area contributed by atoms with Crippen LogP contribution in [-0.4, -0.2) is 44.5 Å². The van der Waals surface area contributed by atoms with Crippen molar-refractivity contribution in [1.29, 1.82) is 0 Å². The fraction of sp³-hybridized carbons (Fsp3) is 0.417. The van der Waals surface area contributed by atoms with E-state index >= 15 is 0 Å². The minimum Gasteiger partial charge on any atom is -0.492 e. The van der Waals surface area contributed by atoms with Crippen molar-refractivity contribution in [3.8, 4) is 5.75 Å². The molecule has 0 saturated heterocycles. The van der Waals surface area contributed by atoms with Crippen LogP contribution >= 0.6 is 0 Å². The first-order valence-corrected chi connectivity index (χ1v) is 5.45. The quantitative estimate of drug-likeness (QED) is 0.846. The third-order valence-corrected chi connectivity index (χ3v) is 2.11. The highest BCUT2D eigenvalue weighted by molar-refractivity contribution is 5.93. The van der Waals surface area contributed by atoms with Gasteiger partial charge in [0.1, 0.15) is 12.4 Å². The highest BCUT2D eigenvalue weighted by Crippen LogP contribution is 2.17. The van der Waals surface area contributed by atoms with Crippen molar-refractivity contribution in [2.75, 3.05) is 32.6 Å². The van der Waals surface area contributed by atoms with E-state index < -0.39 is 12.3 Å². The summed E-state index contributed by atoms with van der Waals surface area (Å²) in [4.78, 5) is 12.8. The highest BCUT2D eigenvalue weighted by Gasteiger charge is 2.14. The van der Waals surface area contributed by atoms with Gasteiger partial charge in [-0.1, -0.05) is 6.07 Å². The minimum absolute atomic E-state index is 0.294. The number of ether oxygens (including phenoxy) is 1. The van der Waals surface area contributed by atoms with Crippen molar-refractivity contribution < 1.29 is 18.3 Å². The Bertz CT molecular complexity index is 397. The van der Waals surface area contributed by atoms with Gasteiger partial charge in [-0.3, -0.25) is 4.79 Å². The number of rotatable bonds is 6. The number of benzene rings is 1. The van der Waals surface area contributed by atoms with E-state index in [1.165, 1.54) is 12.1 Å². The summed E-state index contributed by atoms with van der Waals surface area (Å²) in [5, 5.41) is 2.10. The van der Waals surface area contributed by atoms with Gasteiger partial charge in [0, 0.05) is 18.3 Å². The molecule has 0 atom stereocenters. The van der Waals surface area contributed by atoms with Crippen LogP contribution in [0.2, 0.25) is 0 Å². The molecule has 0 spiro atoms. The molecule has 0 aromatic heterocycles. The van der Waals surface area contributed by atoms with Crippen LogP contribution in [0.1, 0.15) is 0 Å². The smallest absolute Gasteiger partial charge is 0.315 e. The van der Waals surface area contributed by atoms with Gasteiger partial charge < -0.3 is 15.0 Å². The molecule has 1 aromatic carbocycles. The van der Waals surface area contributed by atoms with Gasteiger partial charge in [0.05, 0.1) is 0 Å². The number of likely N-dealkylation sites (N-methyl/N-ethyl adjacent to an activating group) is 1. The molecule has 0 radical (unpaired) electrons. The van der Waals surface area contributed by atoms with Gasteiger partial charge in [-0.15, -0.1) is 0 Å². The molecule has 1 rings (SSSR count). The van der Waals surface area contributed by atoms with Crippen molar-refractivity contribution in [3.63, 3.8) is 0 Å². The first kappa shape index (κ1) is 14.4. The van der Waals surface area contributed by atoms with E-state index in [0.29, 0.717) is 18.0 Å². The van der Waals surface area contributed by atoms with Crippen LogP contribution in [0, 0.1) is 0 Å². The number of carbonyl (C=O) groups is 1. The van der Waals surface area contributed by atoms with Crippen LogP contribution in [0.3, 0.4) is 0 Å². The molecule has 1 aromatic rings. The van der Waals surface area contributed by atoms with Crippen LogP contribution in [0.5, 0.6) is 5.75 Å². The average molecular weight is 258 g/mol. The second kappa shape index (κ2) is 6.90. The summed E-state index contributed by atoms with van der Waals surface area (Å²) >= 11 is 0. The van der Waals surface area contributed by atoms with Gasteiger partial charge in [0.15, 0.2) is 0 Å². The van der Waals surface area contributed by atoms with Crippen molar-refractivity contribution in [2.24, 2.45) is 0 Å². The molecule has 6 heteroatoms. The lowest BCUT2D eigenvalue weighted by Gasteiger charge is -2.12. The fourth-order valence-electron chi connectivity index (χ4n) is 1.21. The van der Waals surface area contributed by atoms with Gasteiger partial charge in [0.2, 0.25) is 0 Å². The predicted octanol–water partition coefficient (Wildman–Crippen LogP) is 1.83. The number of amides is 1. The number of hydrogen-bond acceptors (Lipinski definition) is 3. The zero-order valence-electron chi connectivity index (χ0n) is 10.3. The van der Waals surface area contributed by atoms with Crippen molar-refractivity contribution in [2.45, 2.75) is 6.43 Å². The number of nitrogens with zero attached hydrogens (tertiary/aromatic N) is 1. The number of hydrogen-bond donors (Lipinski definition) is 1. The van der Waals surface area contributed by atoms with Gasteiger partial charge in [-0.25, -0.2) is 0 Å². The Labute approximate surface area is 105 Å². The molecule has 0 aliphatic carbocycles. The predicted molar refractivity (Wildman–Crippen MR) is 65.1 cm³/mol. The number of alkyl halides is 2. The summed E-state index contributed by atoms with van der Waals surface area (Å²) < 4.78 is 29.5. The monoisotopic (exact) mass is 258 g/mol. The molecule has 18 heavy (non-hydrogen) atoms. The van der Waals surface area contributed by atoms with E-state index in [-0.39, 0.29) is 0 Å². The number of halogens is 2. The lowest BCUT2D eigenvalue weighted by Crippen LogP contribution is -2.20. The number of nitrogens with one attached hydrogen (secondary N) is 1. The van der Waals surface area contributed by atoms with Gasteiger partial charge in [-0.05, 0) is 26.2 Å². The molecule has 0 aliphatic rings. The third-order valence-electron chi connectivity index (χ3n) is 2.11. The second-order valence-electron chi connectivity index (χ2n) is 3.97. The van der Waals surface area contributed by atoms with E-state index in [2.05, 4.69) is 5.32 Å². The minimum atomic E-state index is -3.02. The van der Waals surface area contributed by atoms with E-state index in [4.69, 9.17) is 4.74 Å². The van der Waals surface area contributed by atoms with Crippen molar-refractivity contribution in [3.05, 3.63) is 24.3 Å². The molecule has 1 amide bonds. The Kier molecular flexibility index (Phi) is 5.51. The zero-order valence-corrected chi connectivity index (χ0v) is 10.3. The Hall–Kier alpha value is -1.69. The maximum Gasteiger partial charge on any atom is 0.315 e. The molecular weight excluding hydrogens is 242 g/mol. The summed E-state index contributed by atoms with van der Waals surface area (Å²) in [6.45, 7) is 1.23. The summed E-state index contributed by atoms with van der Waals surface area (Å²) in [7, 11) is 3.84. The van der Waals surface area contributed by atoms with Gasteiger partial charge >= 0.3 is 6.43 Å². The highest BCUT2D eigenvalue weighted by atomic mass is 19.3.